The molecule has 0 aliphatic carbocycles. The van der Waals surface area contributed by atoms with Crippen molar-refractivity contribution in [2.75, 3.05) is 22.5 Å². The van der Waals surface area contributed by atoms with Crippen molar-refractivity contribution in [3.05, 3.63) is 64.2 Å². The Kier molecular flexibility index (Phi) is 7.45. The second kappa shape index (κ2) is 10.5. The summed E-state index contributed by atoms with van der Waals surface area (Å²) in [6, 6.07) is 13.7. The van der Waals surface area contributed by atoms with Crippen molar-refractivity contribution < 1.29 is 9.59 Å². The molecular formula is C25H28N4O2S2. The smallest absolute Gasteiger partial charge is 0.258 e. The summed E-state index contributed by atoms with van der Waals surface area (Å²) in [7, 11) is 0. The van der Waals surface area contributed by atoms with Gasteiger partial charge in [0.1, 0.15) is 5.01 Å². The number of nitrogens with zero attached hydrogens (tertiary/aromatic N) is 3. The molecule has 1 unspecified atom stereocenters. The Labute approximate surface area is 202 Å². The molecule has 1 aliphatic heterocycles. The summed E-state index contributed by atoms with van der Waals surface area (Å²) >= 11 is 3.05. The minimum absolute atomic E-state index is 0.0286. The van der Waals surface area contributed by atoms with E-state index in [1.807, 2.05) is 41.3 Å². The van der Waals surface area contributed by atoms with E-state index in [-0.39, 0.29) is 17.7 Å². The SMILES string of the molecule is CCCCSc1ccccc1C(=O)Nc1nnc(C2CC(=O)N(c3ccc(C)c(C)c3)C2)s1. The predicted octanol–water partition coefficient (Wildman–Crippen LogP) is 5.82. The summed E-state index contributed by atoms with van der Waals surface area (Å²) in [5.41, 5.74) is 3.93. The normalized spacial score (nSPS) is 15.8. The van der Waals surface area contributed by atoms with Gasteiger partial charge in [-0.1, -0.05) is 42.9 Å². The minimum atomic E-state index is -0.184. The Morgan fingerprint density at radius 1 is 1.18 bits per heavy atom. The van der Waals surface area contributed by atoms with Crippen LogP contribution >= 0.6 is 23.1 Å². The van der Waals surface area contributed by atoms with Crippen LogP contribution in [0.2, 0.25) is 0 Å². The molecule has 0 spiro atoms. The first kappa shape index (κ1) is 23.4. The lowest BCUT2D eigenvalue weighted by Crippen LogP contribution is -2.24. The summed E-state index contributed by atoms with van der Waals surface area (Å²) in [6.07, 6.45) is 2.63. The highest BCUT2D eigenvalue weighted by Crippen LogP contribution is 2.35. The summed E-state index contributed by atoms with van der Waals surface area (Å²) in [4.78, 5) is 28.4. The molecule has 1 saturated heterocycles. The quantitative estimate of drug-likeness (QED) is 0.325. The first-order chi connectivity index (χ1) is 16.0. The molecule has 1 N–H and O–H groups in total. The van der Waals surface area contributed by atoms with Crippen molar-refractivity contribution in [1.29, 1.82) is 0 Å². The molecular weight excluding hydrogens is 452 g/mol. The van der Waals surface area contributed by atoms with Gasteiger partial charge in [-0.3, -0.25) is 14.9 Å². The van der Waals surface area contributed by atoms with Gasteiger partial charge in [0.15, 0.2) is 0 Å². The molecule has 172 valence electrons. The highest BCUT2D eigenvalue weighted by molar-refractivity contribution is 7.99. The lowest BCUT2D eigenvalue weighted by atomic mass is 10.1. The van der Waals surface area contributed by atoms with Crippen LogP contribution in [0, 0.1) is 13.8 Å². The molecule has 0 saturated carbocycles. The number of amides is 2. The summed E-state index contributed by atoms with van der Waals surface area (Å²) < 4.78 is 0. The topological polar surface area (TPSA) is 75.2 Å². The van der Waals surface area contributed by atoms with Crippen LogP contribution in [0.1, 0.15) is 58.6 Å². The number of benzene rings is 2. The third kappa shape index (κ3) is 5.45. The number of aromatic nitrogens is 2. The largest absolute Gasteiger partial charge is 0.312 e. The molecule has 2 aromatic carbocycles. The monoisotopic (exact) mass is 480 g/mol. The zero-order valence-electron chi connectivity index (χ0n) is 19.1. The van der Waals surface area contributed by atoms with Crippen LogP contribution in [0.25, 0.3) is 0 Å². The van der Waals surface area contributed by atoms with E-state index >= 15 is 0 Å². The molecule has 3 aromatic rings. The van der Waals surface area contributed by atoms with Crippen LogP contribution in [0.15, 0.2) is 47.4 Å². The maximum absolute atomic E-state index is 12.9. The highest BCUT2D eigenvalue weighted by Gasteiger charge is 2.34. The van der Waals surface area contributed by atoms with Gasteiger partial charge in [0.2, 0.25) is 11.0 Å². The van der Waals surface area contributed by atoms with Crippen molar-refractivity contribution in [2.45, 2.75) is 50.8 Å². The second-order valence-corrected chi connectivity index (χ2v) is 10.4. The van der Waals surface area contributed by atoms with Crippen molar-refractivity contribution in [3.63, 3.8) is 0 Å². The first-order valence-electron chi connectivity index (χ1n) is 11.2. The number of hydrogen-bond acceptors (Lipinski definition) is 6. The van der Waals surface area contributed by atoms with E-state index in [1.165, 1.54) is 16.9 Å². The number of unbranched alkanes of at least 4 members (excludes halogenated alkanes) is 1. The molecule has 0 radical (unpaired) electrons. The van der Waals surface area contributed by atoms with Gasteiger partial charge < -0.3 is 4.90 Å². The van der Waals surface area contributed by atoms with Crippen LogP contribution in [0.5, 0.6) is 0 Å². The molecule has 2 heterocycles. The first-order valence-corrected chi connectivity index (χ1v) is 13.0. The molecule has 2 amide bonds. The van der Waals surface area contributed by atoms with Gasteiger partial charge >= 0.3 is 0 Å². The van der Waals surface area contributed by atoms with Gasteiger partial charge in [0.05, 0.1) is 5.56 Å². The Balaban J connectivity index is 1.43. The maximum Gasteiger partial charge on any atom is 0.258 e. The Morgan fingerprint density at radius 3 is 2.79 bits per heavy atom. The van der Waals surface area contributed by atoms with Gasteiger partial charge in [0, 0.05) is 29.5 Å². The fourth-order valence-electron chi connectivity index (χ4n) is 3.74. The van der Waals surface area contributed by atoms with Crippen LogP contribution in [-0.4, -0.2) is 34.3 Å². The minimum Gasteiger partial charge on any atom is -0.312 e. The number of thioether (sulfide) groups is 1. The third-order valence-corrected chi connectivity index (χ3v) is 7.99. The number of carbonyl (C=O) groups is 2. The summed E-state index contributed by atoms with van der Waals surface area (Å²) in [5, 5.41) is 12.6. The van der Waals surface area contributed by atoms with E-state index in [1.54, 1.807) is 11.8 Å². The molecule has 4 rings (SSSR count). The molecule has 1 aliphatic rings. The van der Waals surface area contributed by atoms with Crippen molar-refractivity contribution in [3.8, 4) is 0 Å². The highest BCUT2D eigenvalue weighted by atomic mass is 32.2. The Bertz CT molecular complexity index is 1160. The number of carbonyl (C=O) groups excluding carboxylic acids is 2. The Hall–Kier alpha value is -2.71. The van der Waals surface area contributed by atoms with Gasteiger partial charge in [-0.15, -0.1) is 22.0 Å². The molecule has 1 fully saturated rings. The van der Waals surface area contributed by atoms with Crippen LogP contribution in [0.3, 0.4) is 0 Å². The number of hydrogen-bond donors (Lipinski definition) is 1. The van der Waals surface area contributed by atoms with Crippen molar-refractivity contribution >= 4 is 45.7 Å². The second-order valence-electron chi connectivity index (χ2n) is 8.27. The van der Waals surface area contributed by atoms with Gasteiger partial charge in [0.25, 0.3) is 5.91 Å². The lowest BCUT2D eigenvalue weighted by Gasteiger charge is -2.17. The fraction of sp³-hybridized carbons (Fsp3) is 0.360. The van der Waals surface area contributed by atoms with Crippen LogP contribution < -0.4 is 10.2 Å². The van der Waals surface area contributed by atoms with Crippen LogP contribution in [0.4, 0.5) is 10.8 Å². The average molecular weight is 481 g/mol. The van der Waals surface area contributed by atoms with E-state index in [9.17, 15) is 9.59 Å². The van der Waals surface area contributed by atoms with Gasteiger partial charge in [-0.2, -0.15) is 0 Å². The van der Waals surface area contributed by atoms with E-state index in [4.69, 9.17) is 0 Å². The standard InChI is InChI=1S/C25H28N4O2S2/c1-4-5-12-32-21-9-7-6-8-20(21)23(31)26-25-28-27-24(33-25)18-14-22(30)29(15-18)19-11-10-16(2)17(3)13-19/h6-11,13,18H,4-5,12,14-15H2,1-3H3,(H,26,28,31). The zero-order chi connectivity index (χ0) is 23.4. The number of nitrogens with one attached hydrogen (secondary N) is 1. The molecule has 1 atom stereocenters. The van der Waals surface area contributed by atoms with Crippen LogP contribution in [-0.2, 0) is 4.79 Å². The van der Waals surface area contributed by atoms with E-state index < -0.39 is 0 Å². The number of rotatable bonds is 8. The fourth-order valence-corrected chi connectivity index (χ4v) is 5.71. The third-order valence-electron chi connectivity index (χ3n) is 5.82. The number of anilines is 2. The van der Waals surface area contributed by atoms with Gasteiger partial charge in [-0.05, 0) is 61.4 Å². The van der Waals surface area contributed by atoms with E-state index in [2.05, 4.69) is 42.4 Å². The maximum atomic E-state index is 12.9. The molecule has 33 heavy (non-hydrogen) atoms. The molecule has 8 heteroatoms. The van der Waals surface area contributed by atoms with E-state index in [0.29, 0.717) is 23.7 Å². The molecule has 0 bridgehead atoms. The molecule has 1 aromatic heterocycles. The summed E-state index contributed by atoms with van der Waals surface area (Å²) in [5.74, 6) is 0.856. The zero-order valence-corrected chi connectivity index (χ0v) is 20.8. The van der Waals surface area contributed by atoms with Crippen molar-refractivity contribution in [1.82, 2.24) is 10.2 Å². The lowest BCUT2D eigenvalue weighted by molar-refractivity contribution is -0.117. The van der Waals surface area contributed by atoms with Gasteiger partial charge in [-0.25, -0.2) is 0 Å². The molecule has 6 nitrogen and oxygen atoms in total. The van der Waals surface area contributed by atoms with E-state index in [0.717, 1.165) is 39.7 Å². The average Bonchev–Trinajstić information content (AvgIpc) is 3.42. The number of aryl methyl sites for hydroxylation is 2. The Morgan fingerprint density at radius 2 is 2.00 bits per heavy atom. The predicted molar refractivity (Wildman–Crippen MR) is 136 cm³/mol. The van der Waals surface area contributed by atoms with Crippen molar-refractivity contribution in [2.24, 2.45) is 0 Å². The summed E-state index contributed by atoms with van der Waals surface area (Å²) in [6.45, 7) is 6.84.